The van der Waals surface area contributed by atoms with E-state index >= 15 is 0 Å². The lowest BCUT2D eigenvalue weighted by molar-refractivity contribution is 0.248. The Balaban J connectivity index is 1.63. The highest BCUT2D eigenvalue weighted by molar-refractivity contribution is 5.95. The Bertz CT molecular complexity index is 460. The molecule has 1 aromatic rings. The van der Waals surface area contributed by atoms with Gasteiger partial charge in [0.05, 0.1) is 11.9 Å². The number of anilines is 1. The van der Waals surface area contributed by atoms with Crippen LogP contribution in [-0.2, 0) is 0 Å². The van der Waals surface area contributed by atoms with Crippen LogP contribution in [0.15, 0.2) is 23.5 Å². The molecule has 1 aliphatic heterocycles. The van der Waals surface area contributed by atoms with Crippen LogP contribution in [0.1, 0.15) is 18.5 Å². The van der Waals surface area contributed by atoms with E-state index in [0.717, 1.165) is 37.9 Å². The van der Waals surface area contributed by atoms with Crippen LogP contribution in [0, 0.1) is 0 Å². The van der Waals surface area contributed by atoms with E-state index in [4.69, 9.17) is 10.9 Å². The van der Waals surface area contributed by atoms with Crippen LogP contribution >= 0.6 is 0 Å². The molecule has 1 aliphatic carbocycles. The van der Waals surface area contributed by atoms with Crippen molar-refractivity contribution >= 4 is 11.5 Å². The van der Waals surface area contributed by atoms with Crippen LogP contribution in [0.2, 0.25) is 0 Å². The highest BCUT2D eigenvalue weighted by Crippen LogP contribution is 2.28. The zero-order valence-electron chi connectivity index (χ0n) is 10.9. The summed E-state index contributed by atoms with van der Waals surface area (Å²) in [5, 5.41) is 11.5. The van der Waals surface area contributed by atoms with Gasteiger partial charge in [-0.25, -0.2) is 0 Å². The van der Waals surface area contributed by atoms with Gasteiger partial charge in [-0.3, -0.25) is 9.88 Å². The molecule has 2 fully saturated rings. The number of rotatable bonds is 3. The summed E-state index contributed by atoms with van der Waals surface area (Å²) in [6.07, 6.45) is 4.53. The number of hydrogen-bond donors (Lipinski definition) is 2. The molecular formula is C13H19N5O. The fourth-order valence-corrected chi connectivity index (χ4v) is 2.56. The lowest BCUT2D eigenvalue weighted by atomic mass is 10.2. The Labute approximate surface area is 112 Å². The molecule has 0 spiro atoms. The molecule has 1 saturated heterocycles. The highest BCUT2D eigenvalue weighted by atomic mass is 16.4. The predicted octanol–water partition coefficient (Wildman–Crippen LogP) is 0.460. The molecule has 0 atom stereocenters. The first-order chi connectivity index (χ1) is 9.28. The van der Waals surface area contributed by atoms with E-state index in [1.54, 1.807) is 12.3 Å². The first kappa shape index (κ1) is 12.2. The van der Waals surface area contributed by atoms with E-state index in [2.05, 4.69) is 19.9 Å². The van der Waals surface area contributed by atoms with Crippen molar-refractivity contribution in [1.29, 1.82) is 0 Å². The maximum absolute atomic E-state index is 8.60. The minimum Gasteiger partial charge on any atom is -0.409 e. The molecule has 3 N–H and O–H groups in total. The Kier molecular flexibility index (Phi) is 3.25. The van der Waals surface area contributed by atoms with Crippen LogP contribution in [0.5, 0.6) is 0 Å². The standard InChI is InChI=1S/C13H19N5O/c14-13(16-19)12-4-3-11(9-15-12)18-7-5-17(6-8-18)10-1-2-10/h3-4,9-10,19H,1-2,5-8H2,(H2,14,16). The minimum atomic E-state index is 0.0464. The summed E-state index contributed by atoms with van der Waals surface area (Å²) < 4.78 is 0. The predicted molar refractivity (Wildman–Crippen MR) is 73.6 cm³/mol. The molecule has 0 amide bonds. The number of nitrogens with zero attached hydrogens (tertiary/aromatic N) is 4. The van der Waals surface area contributed by atoms with Crippen LogP contribution < -0.4 is 10.6 Å². The van der Waals surface area contributed by atoms with Gasteiger partial charge in [0.1, 0.15) is 5.69 Å². The molecule has 2 heterocycles. The second kappa shape index (κ2) is 5.05. The van der Waals surface area contributed by atoms with Crippen molar-refractivity contribution in [1.82, 2.24) is 9.88 Å². The second-order valence-corrected chi connectivity index (χ2v) is 5.14. The molecule has 0 radical (unpaired) electrons. The van der Waals surface area contributed by atoms with Gasteiger partial charge in [-0.15, -0.1) is 0 Å². The third kappa shape index (κ3) is 2.63. The summed E-state index contributed by atoms with van der Waals surface area (Å²) in [5.41, 5.74) is 7.10. The van der Waals surface area contributed by atoms with Crippen molar-refractivity contribution in [2.45, 2.75) is 18.9 Å². The van der Waals surface area contributed by atoms with Crippen LogP contribution in [-0.4, -0.2) is 53.1 Å². The van der Waals surface area contributed by atoms with Crippen LogP contribution in [0.3, 0.4) is 0 Å². The quantitative estimate of drug-likeness (QED) is 0.358. The van der Waals surface area contributed by atoms with E-state index < -0.39 is 0 Å². The van der Waals surface area contributed by atoms with Gasteiger partial charge in [0, 0.05) is 32.2 Å². The number of aromatic nitrogens is 1. The van der Waals surface area contributed by atoms with Crippen molar-refractivity contribution < 1.29 is 5.21 Å². The normalized spacial score (nSPS) is 21.7. The van der Waals surface area contributed by atoms with Gasteiger partial charge in [0.25, 0.3) is 0 Å². The Hall–Kier alpha value is -1.82. The van der Waals surface area contributed by atoms with Crippen LogP contribution in [0.25, 0.3) is 0 Å². The zero-order chi connectivity index (χ0) is 13.2. The molecule has 6 nitrogen and oxygen atoms in total. The molecular weight excluding hydrogens is 242 g/mol. The Morgan fingerprint density at radius 2 is 2.00 bits per heavy atom. The van der Waals surface area contributed by atoms with E-state index in [1.165, 1.54) is 12.8 Å². The number of hydrogen-bond acceptors (Lipinski definition) is 5. The van der Waals surface area contributed by atoms with Crippen molar-refractivity contribution in [3.8, 4) is 0 Å². The van der Waals surface area contributed by atoms with E-state index in [9.17, 15) is 0 Å². The third-order valence-corrected chi connectivity index (χ3v) is 3.86. The summed E-state index contributed by atoms with van der Waals surface area (Å²) in [5.74, 6) is 0.0464. The number of oxime groups is 1. The summed E-state index contributed by atoms with van der Waals surface area (Å²) in [7, 11) is 0. The topological polar surface area (TPSA) is 78.0 Å². The van der Waals surface area contributed by atoms with Crippen molar-refractivity contribution in [2.75, 3.05) is 31.1 Å². The van der Waals surface area contributed by atoms with Gasteiger partial charge in [0.2, 0.25) is 0 Å². The summed E-state index contributed by atoms with van der Waals surface area (Å²) in [4.78, 5) is 9.13. The largest absolute Gasteiger partial charge is 0.409 e. The highest BCUT2D eigenvalue weighted by Gasteiger charge is 2.31. The average Bonchev–Trinajstić information content (AvgIpc) is 3.31. The van der Waals surface area contributed by atoms with Crippen molar-refractivity contribution in [2.24, 2.45) is 10.9 Å². The van der Waals surface area contributed by atoms with Gasteiger partial charge in [0.15, 0.2) is 5.84 Å². The van der Waals surface area contributed by atoms with Gasteiger partial charge in [-0.1, -0.05) is 5.16 Å². The molecule has 2 aliphatic rings. The Morgan fingerprint density at radius 3 is 2.53 bits per heavy atom. The number of amidine groups is 1. The minimum absolute atomic E-state index is 0.0464. The van der Waals surface area contributed by atoms with Gasteiger partial charge in [-0.2, -0.15) is 0 Å². The van der Waals surface area contributed by atoms with E-state index in [-0.39, 0.29) is 5.84 Å². The number of piperazine rings is 1. The fourth-order valence-electron chi connectivity index (χ4n) is 2.56. The first-order valence-electron chi connectivity index (χ1n) is 6.71. The number of pyridine rings is 1. The fraction of sp³-hybridized carbons (Fsp3) is 0.538. The Morgan fingerprint density at radius 1 is 1.26 bits per heavy atom. The molecule has 3 rings (SSSR count). The molecule has 19 heavy (non-hydrogen) atoms. The molecule has 0 unspecified atom stereocenters. The second-order valence-electron chi connectivity index (χ2n) is 5.14. The maximum atomic E-state index is 8.60. The van der Waals surface area contributed by atoms with E-state index in [0.29, 0.717) is 5.69 Å². The summed E-state index contributed by atoms with van der Waals surface area (Å²) in [6, 6.07) is 4.62. The zero-order valence-corrected chi connectivity index (χ0v) is 10.9. The first-order valence-corrected chi connectivity index (χ1v) is 6.71. The monoisotopic (exact) mass is 261 g/mol. The third-order valence-electron chi connectivity index (χ3n) is 3.86. The average molecular weight is 261 g/mol. The maximum Gasteiger partial charge on any atom is 0.188 e. The van der Waals surface area contributed by atoms with Crippen molar-refractivity contribution in [3.63, 3.8) is 0 Å². The molecule has 1 saturated carbocycles. The van der Waals surface area contributed by atoms with Crippen LogP contribution in [0.4, 0.5) is 5.69 Å². The molecule has 102 valence electrons. The van der Waals surface area contributed by atoms with Gasteiger partial charge in [-0.05, 0) is 25.0 Å². The van der Waals surface area contributed by atoms with Crippen molar-refractivity contribution in [3.05, 3.63) is 24.0 Å². The van der Waals surface area contributed by atoms with E-state index in [1.807, 2.05) is 6.07 Å². The summed E-state index contributed by atoms with van der Waals surface area (Å²) in [6.45, 7) is 4.35. The lowest BCUT2D eigenvalue weighted by Crippen LogP contribution is -2.47. The number of nitrogens with two attached hydrogens (primary N) is 1. The lowest BCUT2D eigenvalue weighted by Gasteiger charge is -2.36. The van der Waals surface area contributed by atoms with Gasteiger partial charge < -0.3 is 15.8 Å². The summed E-state index contributed by atoms with van der Waals surface area (Å²) >= 11 is 0. The smallest absolute Gasteiger partial charge is 0.188 e. The SMILES string of the molecule is N/C(=N/O)c1ccc(N2CCN(C3CC3)CC2)cn1. The molecule has 1 aromatic heterocycles. The molecule has 0 bridgehead atoms. The van der Waals surface area contributed by atoms with Gasteiger partial charge >= 0.3 is 0 Å². The molecule has 6 heteroatoms. The molecule has 0 aromatic carbocycles.